The van der Waals surface area contributed by atoms with E-state index in [1.165, 1.54) is 7.11 Å². The van der Waals surface area contributed by atoms with Crippen LogP contribution < -0.4 is 0 Å². The van der Waals surface area contributed by atoms with Crippen molar-refractivity contribution in [2.75, 3.05) is 33.4 Å². The molecule has 0 N–H and O–H groups in total. The van der Waals surface area contributed by atoms with Crippen LogP contribution in [0, 0.1) is 5.92 Å². The van der Waals surface area contributed by atoms with Gasteiger partial charge in [-0.05, 0) is 13.3 Å². The van der Waals surface area contributed by atoms with Gasteiger partial charge in [-0.15, -0.1) is 0 Å². The predicted octanol–water partition coefficient (Wildman–Crippen LogP) is 0.906. The first kappa shape index (κ1) is 12.5. The summed E-state index contributed by atoms with van der Waals surface area (Å²) in [4.78, 5) is 13.5. The molecule has 0 aliphatic carbocycles. The zero-order chi connectivity index (χ0) is 11.3. The third kappa shape index (κ3) is 4.18. The Bertz CT molecular complexity index is 208. The highest BCUT2D eigenvalue weighted by molar-refractivity contribution is 5.72. The number of hydrogen-bond acceptors (Lipinski definition) is 4. The Balaban J connectivity index is 2.38. The number of methoxy groups -OCH3 is 1. The molecule has 2 unspecified atom stereocenters. The third-order valence-corrected chi connectivity index (χ3v) is 2.67. The van der Waals surface area contributed by atoms with Gasteiger partial charge < -0.3 is 9.47 Å². The highest BCUT2D eigenvalue weighted by atomic mass is 16.5. The molecular formula is C11H21NO3. The summed E-state index contributed by atoms with van der Waals surface area (Å²) in [5.41, 5.74) is 0. The lowest BCUT2D eigenvalue weighted by molar-refractivity contribution is -0.145. The lowest BCUT2D eigenvalue weighted by atomic mass is 10.1. The van der Waals surface area contributed by atoms with E-state index in [1.807, 2.05) is 6.92 Å². The molecule has 1 aliphatic heterocycles. The fourth-order valence-electron chi connectivity index (χ4n) is 1.91. The van der Waals surface area contributed by atoms with Gasteiger partial charge in [0.25, 0.3) is 0 Å². The van der Waals surface area contributed by atoms with Crippen LogP contribution >= 0.6 is 0 Å². The van der Waals surface area contributed by atoms with Crippen LogP contribution in [-0.4, -0.2) is 50.3 Å². The van der Waals surface area contributed by atoms with Crippen LogP contribution in [-0.2, 0) is 14.3 Å². The summed E-state index contributed by atoms with van der Waals surface area (Å²) in [5.74, 6) is -0.187. The molecule has 1 aliphatic rings. The van der Waals surface area contributed by atoms with Gasteiger partial charge in [-0.3, -0.25) is 9.69 Å². The molecule has 4 heteroatoms. The number of hydrogen-bond donors (Lipinski definition) is 0. The molecule has 0 spiro atoms. The lowest BCUT2D eigenvalue weighted by Gasteiger charge is -2.23. The van der Waals surface area contributed by atoms with Gasteiger partial charge in [0.1, 0.15) is 0 Å². The van der Waals surface area contributed by atoms with E-state index in [4.69, 9.17) is 9.47 Å². The number of esters is 1. The summed E-state index contributed by atoms with van der Waals surface area (Å²) < 4.78 is 10.3. The Kier molecular flexibility index (Phi) is 5.05. The van der Waals surface area contributed by atoms with E-state index in [1.54, 1.807) is 0 Å². The Labute approximate surface area is 91.5 Å². The number of ether oxygens (including phenoxy) is 2. The molecule has 0 aromatic heterocycles. The Morgan fingerprint density at radius 1 is 1.67 bits per heavy atom. The highest BCUT2D eigenvalue weighted by Gasteiger charge is 2.20. The summed E-state index contributed by atoms with van der Waals surface area (Å²) in [7, 11) is 1.44. The molecular weight excluding hydrogens is 194 g/mol. The van der Waals surface area contributed by atoms with Gasteiger partial charge in [0.05, 0.1) is 19.1 Å². The summed E-state index contributed by atoms with van der Waals surface area (Å²) in [5, 5.41) is 0. The number of carbonyl (C=O) groups excluding carboxylic acids is 1. The number of nitrogens with zero attached hydrogens (tertiary/aromatic N) is 1. The molecule has 0 radical (unpaired) electrons. The summed E-state index contributed by atoms with van der Waals surface area (Å²) in [6.45, 7) is 7.47. The zero-order valence-corrected chi connectivity index (χ0v) is 9.86. The van der Waals surface area contributed by atoms with Crippen molar-refractivity contribution in [3.8, 4) is 0 Å². The van der Waals surface area contributed by atoms with Crippen molar-refractivity contribution in [1.82, 2.24) is 4.90 Å². The molecule has 2 atom stereocenters. The first-order chi connectivity index (χ1) is 7.13. The lowest BCUT2D eigenvalue weighted by Crippen LogP contribution is -2.36. The van der Waals surface area contributed by atoms with Gasteiger partial charge in [0.2, 0.25) is 0 Å². The molecule has 0 aromatic rings. The summed E-state index contributed by atoms with van der Waals surface area (Å²) >= 11 is 0. The van der Waals surface area contributed by atoms with Gasteiger partial charge in [-0.1, -0.05) is 6.92 Å². The van der Waals surface area contributed by atoms with E-state index in [-0.39, 0.29) is 18.0 Å². The van der Waals surface area contributed by atoms with Crippen molar-refractivity contribution in [2.45, 2.75) is 26.4 Å². The maximum atomic E-state index is 11.3. The fraction of sp³-hybridized carbons (Fsp3) is 0.909. The van der Waals surface area contributed by atoms with E-state index in [2.05, 4.69) is 11.8 Å². The van der Waals surface area contributed by atoms with E-state index in [0.717, 1.165) is 32.7 Å². The minimum Gasteiger partial charge on any atom is -0.469 e. The smallest absolute Gasteiger partial charge is 0.309 e. The quantitative estimate of drug-likeness (QED) is 0.656. The van der Waals surface area contributed by atoms with Crippen LogP contribution in [0.3, 0.4) is 0 Å². The largest absolute Gasteiger partial charge is 0.469 e. The van der Waals surface area contributed by atoms with E-state index in [9.17, 15) is 4.79 Å². The molecule has 0 amide bonds. The third-order valence-electron chi connectivity index (χ3n) is 2.67. The number of carbonyl (C=O) groups is 1. The normalized spacial score (nSPS) is 25.7. The monoisotopic (exact) mass is 215 g/mol. The molecule has 0 saturated carbocycles. The van der Waals surface area contributed by atoms with Gasteiger partial charge >= 0.3 is 5.97 Å². The topological polar surface area (TPSA) is 38.8 Å². The van der Waals surface area contributed by atoms with Crippen LogP contribution in [0.5, 0.6) is 0 Å². The second kappa shape index (κ2) is 6.08. The summed E-state index contributed by atoms with van der Waals surface area (Å²) in [6, 6.07) is 0. The Hall–Kier alpha value is -0.610. The van der Waals surface area contributed by atoms with Gasteiger partial charge in [0, 0.05) is 26.2 Å². The van der Waals surface area contributed by atoms with Gasteiger partial charge in [-0.2, -0.15) is 0 Å². The molecule has 1 fully saturated rings. The average molecular weight is 215 g/mol. The molecule has 88 valence electrons. The van der Waals surface area contributed by atoms with Crippen molar-refractivity contribution < 1.29 is 14.3 Å². The molecule has 1 saturated heterocycles. The molecule has 15 heavy (non-hydrogen) atoms. The second-order valence-electron chi connectivity index (χ2n) is 4.22. The molecule has 4 nitrogen and oxygen atoms in total. The summed E-state index contributed by atoms with van der Waals surface area (Å²) in [6.07, 6.45) is 1.30. The average Bonchev–Trinajstić information content (AvgIpc) is 2.41. The number of rotatable bonds is 3. The zero-order valence-electron chi connectivity index (χ0n) is 9.86. The van der Waals surface area contributed by atoms with Crippen LogP contribution in [0.2, 0.25) is 0 Å². The van der Waals surface area contributed by atoms with Crippen LogP contribution in [0.25, 0.3) is 0 Å². The van der Waals surface area contributed by atoms with Crippen LogP contribution in [0.1, 0.15) is 20.3 Å². The minimum atomic E-state index is -0.132. The predicted molar refractivity (Wildman–Crippen MR) is 57.7 cm³/mol. The van der Waals surface area contributed by atoms with Crippen LogP contribution in [0.15, 0.2) is 0 Å². The van der Waals surface area contributed by atoms with Gasteiger partial charge in [0.15, 0.2) is 0 Å². The van der Waals surface area contributed by atoms with E-state index >= 15 is 0 Å². The molecule has 0 aromatic carbocycles. The Morgan fingerprint density at radius 3 is 3.07 bits per heavy atom. The van der Waals surface area contributed by atoms with Gasteiger partial charge in [-0.25, -0.2) is 0 Å². The van der Waals surface area contributed by atoms with Crippen molar-refractivity contribution >= 4 is 5.97 Å². The standard InChI is InChI=1S/C11H21NO3/c1-9(11(13)14-3)7-12-5-4-6-15-10(2)8-12/h9-10H,4-8H2,1-3H3. The van der Waals surface area contributed by atoms with E-state index < -0.39 is 0 Å². The van der Waals surface area contributed by atoms with Crippen LogP contribution in [0.4, 0.5) is 0 Å². The highest BCUT2D eigenvalue weighted by Crippen LogP contribution is 2.09. The maximum Gasteiger partial charge on any atom is 0.309 e. The van der Waals surface area contributed by atoms with Crippen molar-refractivity contribution in [3.05, 3.63) is 0 Å². The van der Waals surface area contributed by atoms with E-state index in [0.29, 0.717) is 0 Å². The first-order valence-electron chi connectivity index (χ1n) is 5.55. The minimum absolute atomic E-state index is 0.0553. The second-order valence-corrected chi connectivity index (χ2v) is 4.22. The maximum absolute atomic E-state index is 11.3. The fourth-order valence-corrected chi connectivity index (χ4v) is 1.91. The van der Waals surface area contributed by atoms with Crippen molar-refractivity contribution in [1.29, 1.82) is 0 Å². The molecule has 1 heterocycles. The molecule has 0 bridgehead atoms. The Morgan fingerprint density at radius 2 is 2.40 bits per heavy atom. The first-order valence-corrected chi connectivity index (χ1v) is 5.55. The van der Waals surface area contributed by atoms with Crippen molar-refractivity contribution in [3.63, 3.8) is 0 Å². The molecule has 1 rings (SSSR count). The SMILES string of the molecule is COC(=O)C(C)CN1CCCOC(C)C1. The van der Waals surface area contributed by atoms with Crippen molar-refractivity contribution in [2.24, 2.45) is 5.92 Å².